The molecular weight excluding hydrogens is 1440 g/mol. The first kappa shape index (κ1) is 71.3. The second kappa shape index (κ2) is 36.7. The normalized spacial score (nSPS) is 15.2. The number of Topliss-reactive ketones (excluding diaryl/α,β-unsaturated/α-hetero) is 1. The van der Waals surface area contributed by atoms with Gasteiger partial charge in [0.1, 0.15) is 22.3 Å². The predicted octanol–water partition coefficient (Wildman–Crippen LogP) is 14.1. The van der Waals surface area contributed by atoms with Crippen molar-refractivity contribution in [2.24, 2.45) is 0 Å². The van der Waals surface area contributed by atoms with Gasteiger partial charge >= 0.3 is 5.97 Å². The third-order valence-corrected chi connectivity index (χ3v) is 18.3. The summed E-state index contributed by atoms with van der Waals surface area (Å²) in [6.45, 7) is 18.4. The number of carboxylic acid groups (broad SMARTS) is 1. The smallest absolute Gasteiger partial charge is 0.338 e. The van der Waals surface area contributed by atoms with E-state index in [1.165, 1.54) is 39.9 Å². The summed E-state index contributed by atoms with van der Waals surface area (Å²) < 4.78 is 48.9. The molecule has 4 aliphatic heterocycles. The summed E-state index contributed by atoms with van der Waals surface area (Å²) in [7, 11) is 0. The molecule has 4 saturated heterocycles. The highest BCUT2D eigenvalue weighted by atomic mass is 79.9. The Labute approximate surface area is 593 Å². The van der Waals surface area contributed by atoms with Gasteiger partial charge < -0.3 is 52.8 Å². The van der Waals surface area contributed by atoms with Crippen LogP contribution >= 0.6 is 47.8 Å². The topological polar surface area (TPSA) is 227 Å². The molecule has 0 saturated carbocycles. The van der Waals surface area contributed by atoms with Crippen molar-refractivity contribution in [3.63, 3.8) is 0 Å². The number of aromatic nitrogens is 4. The number of carbonyl (C=O) groups is 2. The van der Waals surface area contributed by atoms with Crippen LogP contribution < -0.4 is 11.1 Å². The second-order valence-corrected chi connectivity index (χ2v) is 26.2. The summed E-state index contributed by atoms with van der Waals surface area (Å²) in [6, 6.07) is 43.8. The van der Waals surface area contributed by atoms with E-state index in [0.29, 0.717) is 25.1 Å². The third-order valence-electron chi connectivity index (χ3n) is 16.7. The molecule has 6 aromatic carbocycles. The lowest BCUT2D eigenvalue weighted by Crippen LogP contribution is -2.35. The Hall–Kier alpha value is -8.04. The van der Waals surface area contributed by atoms with Crippen LogP contribution in [0.1, 0.15) is 59.7 Å². The molecule has 20 nitrogen and oxygen atoms in total. The molecule has 0 bridgehead atoms. The molecule has 98 heavy (non-hydrogen) atoms. The van der Waals surface area contributed by atoms with Crippen LogP contribution in [0.3, 0.4) is 0 Å². The van der Waals surface area contributed by atoms with Crippen molar-refractivity contribution in [1.82, 2.24) is 39.6 Å². The number of morpholine rings is 4. The van der Waals surface area contributed by atoms with Crippen molar-refractivity contribution in [1.29, 1.82) is 0 Å². The van der Waals surface area contributed by atoms with E-state index in [4.69, 9.17) is 47.5 Å². The fraction of sp³-hybridized carbons (Fsp3) is 0.307. The van der Waals surface area contributed by atoms with Gasteiger partial charge in [-0.25, -0.2) is 4.79 Å². The van der Waals surface area contributed by atoms with Gasteiger partial charge in [0.05, 0.1) is 115 Å². The number of ether oxygens (including phenoxy) is 4. The highest BCUT2D eigenvalue weighted by molar-refractivity contribution is 9.10. The van der Waals surface area contributed by atoms with Gasteiger partial charge in [-0.1, -0.05) is 115 Å². The van der Waals surface area contributed by atoms with Gasteiger partial charge in [-0.3, -0.25) is 28.9 Å². The molecule has 0 aliphatic carbocycles. The van der Waals surface area contributed by atoms with Gasteiger partial charge in [-0.15, -0.1) is 0 Å². The van der Waals surface area contributed by atoms with E-state index in [0.717, 1.165) is 200 Å². The first-order valence-corrected chi connectivity index (χ1v) is 35.4. The maximum Gasteiger partial charge on any atom is 0.338 e. The monoisotopic (exact) mass is 1520 g/mol. The van der Waals surface area contributed by atoms with Crippen molar-refractivity contribution in [2.75, 3.05) is 111 Å². The number of carboxylic acids is 1. The average molecular weight is 1520 g/mol. The van der Waals surface area contributed by atoms with Crippen LogP contribution in [0.15, 0.2) is 210 Å². The number of furan rings is 4. The van der Waals surface area contributed by atoms with Crippen molar-refractivity contribution >= 4 is 109 Å². The summed E-state index contributed by atoms with van der Waals surface area (Å²) in [5.41, 5.74) is 19.1. The van der Waals surface area contributed by atoms with E-state index in [2.05, 4.69) is 108 Å². The number of aromatic carboxylic acids is 1. The van der Waals surface area contributed by atoms with Crippen LogP contribution in [0.2, 0.25) is 0 Å². The fourth-order valence-corrected chi connectivity index (χ4v) is 12.6. The molecule has 0 unspecified atom stereocenters. The lowest BCUT2D eigenvalue weighted by molar-refractivity contribution is 0.0342. The van der Waals surface area contributed by atoms with Crippen LogP contribution in [0, 0.1) is 0 Å². The van der Waals surface area contributed by atoms with E-state index in [1.54, 1.807) is 17.1 Å². The summed E-state index contributed by atoms with van der Waals surface area (Å²) in [5.74, 6) is -0.883. The predicted molar refractivity (Wildman–Crippen MR) is 390 cm³/mol. The van der Waals surface area contributed by atoms with Crippen molar-refractivity contribution in [3.05, 3.63) is 242 Å². The SMILES string of the molecule is BrCc1coc2ccc(Br)cc12.Brc1ccc2occ(CN3CCOCC3)c2c1.C1COCCN1.Nc1ccc2occ(CN3CCOCC3)c2c1.O=C(Cc1ccc2occ(CN3CCOCC3)c2c1)c1cnn(Cc2ccccc2)c1.O=C(O)c1cnn(Cc2ccccc2)c1. The van der Waals surface area contributed by atoms with Gasteiger partial charge in [-0.2, -0.15) is 10.2 Å². The number of benzene rings is 6. The minimum atomic E-state index is -0.950. The molecule has 4 aliphatic rings. The second-order valence-electron chi connectivity index (χ2n) is 23.8. The molecule has 0 atom stereocenters. The zero-order chi connectivity index (χ0) is 67.8. The van der Waals surface area contributed by atoms with Gasteiger partial charge in [-0.05, 0) is 83.4 Å². The largest absolute Gasteiger partial charge is 0.478 e. The fourth-order valence-electron chi connectivity index (χ4n) is 11.4. The number of fused-ring (bicyclic) bond motifs is 4. The standard InChI is InChI=1S/C25H25N3O3.C13H14BrNO2.C13H16N2O2.C11H10N2O2.C9H6Br2O.C4H9NO/c29-24(21-14-26-28(17-21)15-19-4-2-1-3-5-19)13-20-6-7-25-23(12-20)22(18-31-25)16-27-8-10-30-11-9-27;2*14-11-1-2-13-12(7-11)10(9-17-13)8-15-3-5-16-6-4-15;14-11(15)10-6-12-13(8-10)7-9-4-2-1-3-5-9;10-4-6-5-12-9-2-1-7(11)3-8(6)9;1-3-6-4-2-5-1/h1-7,12,14,17-18H,8-11,13,15-16H2;1-2,7,9H,3-6,8H2;1-2,7,9H,3-6,8,14H2;1-6,8H,7H2,(H,14,15);1-3,5H,4H2;5H,1-4H2. The summed E-state index contributed by atoms with van der Waals surface area (Å²) in [6.07, 6.45) is 14.0. The Kier molecular flexibility index (Phi) is 26.7. The quantitative estimate of drug-likeness (QED) is 0.0492. The van der Waals surface area contributed by atoms with E-state index in [9.17, 15) is 9.59 Å². The average Bonchev–Trinajstić information content (AvgIpc) is 1.69. The molecule has 4 N–H and O–H groups in total. The number of hydrogen-bond acceptors (Lipinski definition) is 17. The third kappa shape index (κ3) is 21.0. The number of carbonyl (C=O) groups excluding carboxylic acids is 1. The number of hydrogen-bond donors (Lipinski definition) is 3. The van der Waals surface area contributed by atoms with Crippen LogP contribution in [0.4, 0.5) is 5.69 Å². The Bertz CT molecular complexity index is 4320. The Morgan fingerprint density at radius 3 is 1.29 bits per heavy atom. The summed E-state index contributed by atoms with van der Waals surface area (Å²) in [4.78, 5) is 30.6. The minimum absolute atomic E-state index is 0.0666. The maximum atomic E-state index is 12.9. The highest BCUT2D eigenvalue weighted by Gasteiger charge is 2.19. The zero-order valence-corrected chi connectivity index (χ0v) is 59.2. The first-order valence-electron chi connectivity index (χ1n) is 32.7. The Balaban J connectivity index is 0.000000126. The molecule has 12 aromatic rings. The molecule has 16 rings (SSSR count). The molecule has 10 heterocycles. The number of nitrogen functional groups attached to an aromatic ring is 1. The summed E-state index contributed by atoms with van der Waals surface area (Å²) >= 11 is 10.3. The van der Waals surface area contributed by atoms with Gasteiger partial charge in [0.25, 0.3) is 0 Å². The van der Waals surface area contributed by atoms with Crippen molar-refractivity contribution in [3.8, 4) is 0 Å². The van der Waals surface area contributed by atoms with Crippen LogP contribution in [-0.4, -0.2) is 156 Å². The lowest BCUT2D eigenvalue weighted by atomic mass is 10.0. The number of nitrogens with two attached hydrogens (primary N) is 1. The number of ketones is 1. The Morgan fingerprint density at radius 1 is 0.459 bits per heavy atom. The molecule has 0 radical (unpaired) electrons. The number of halogens is 3. The summed E-state index contributed by atoms with van der Waals surface area (Å²) in [5, 5.41) is 25.6. The minimum Gasteiger partial charge on any atom is -0.478 e. The van der Waals surface area contributed by atoms with E-state index in [-0.39, 0.29) is 11.3 Å². The highest BCUT2D eigenvalue weighted by Crippen LogP contribution is 2.30. The molecular formula is C75H80Br3N9O11. The van der Waals surface area contributed by atoms with E-state index in [1.807, 2.05) is 133 Å². The Morgan fingerprint density at radius 2 is 0.857 bits per heavy atom. The van der Waals surface area contributed by atoms with Crippen LogP contribution in [0.5, 0.6) is 0 Å². The van der Waals surface area contributed by atoms with Crippen molar-refractivity contribution < 1.29 is 51.3 Å². The first-order chi connectivity index (χ1) is 48.0. The molecule has 0 spiro atoms. The van der Waals surface area contributed by atoms with Gasteiger partial charge in [0.15, 0.2) is 5.78 Å². The number of nitrogens with one attached hydrogen (secondary N) is 1. The number of alkyl halides is 1. The van der Waals surface area contributed by atoms with E-state index >= 15 is 0 Å². The van der Waals surface area contributed by atoms with Crippen LogP contribution in [0.25, 0.3) is 43.9 Å². The number of rotatable bonds is 15. The molecule has 0 amide bonds. The zero-order valence-electron chi connectivity index (χ0n) is 54.5. The van der Waals surface area contributed by atoms with Gasteiger partial charge in [0, 0.05) is 155 Å². The number of anilines is 1. The van der Waals surface area contributed by atoms with Crippen molar-refractivity contribution in [2.45, 2.75) is 44.5 Å². The lowest BCUT2D eigenvalue weighted by Gasteiger charge is -2.26. The molecule has 23 heteroatoms. The van der Waals surface area contributed by atoms with Crippen LogP contribution in [-0.2, 0) is 63.4 Å². The molecule has 6 aromatic heterocycles. The molecule has 512 valence electrons. The molecule has 4 fully saturated rings. The maximum absolute atomic E-state index is 12.9. The van der Waals surface area contributed by atoms with E-state index < -0.39 is 5.97 Å². The van der Waals surface area contributed by atoms with Gasteiger partial charge in [0.2, 0.25) is 0 Å². The number of nitrogens with zero attached hydrogens (tertiary/aromatic N) is 7.